The third kappa shape index (κ3) is 3.40. The molecule has 162 valence electrons. The molecule has 0 aliphatic carbocycles. The van der Waals surface area contributed by atoms with E-state index in [4.69, 9.17) is 10.1 Å². The van der Waals surface area contributed by atoms with Gasteiger partial charge in [0.15, 0.2) is 11.2 Å². The second-order valence-electron chi connectivity index (χ2n) is 8.59. The monoisotopic (exact) mass is 413 g/mol. The molecule has 4 rings (SSSR count). The summed E-state index contributed by atoms with van der Waals surface area (Å²) in [5.41, 5.74) is 1.81. The van der Waals surface area contributed by atoms with Gasteiger partial charge < -0.3 is 4.90 Å². The minimum absolute atomic E-state index is 0.111. The van der Waals surface area contributed by atoms with Gasteiger partial charge in [-0.05, 0) is 46.7 Å². The summed E-state index contributed by atoms with van der Waals surface area (Å²) in [7, 11) is 1.66. The number of hydrazone groups is 1. The average Bonchev–Trinajstić information content (AvgIpc) is 3.13. The quantitative estimate of drug-likeness (QED) is 0.697. The summed E-state index contributed by atoms with van der Waals surface area (Å²) in [5.74, 6) is 0.625. The zero-order chi connectivity index (χ0) is 21.6. The van der Waals surface area contributed by atoms with Crippen molar-refractivity contribution in [2.75, 3.05) is 31.2 Å². The van der Waals surface area contributed by atoms with Crippen molar-refractivity contribution in [3.05, 3.63) is 33.0 Å². The van der Waals surface area contributed by atoms with Crippen LogP contribution in [0.15, 0.2) is 26.8 Å². The van der Waals surface area contributed by atoms with Gasteiger partial charge >= 0.3 is 5.69 Å². The Morgan fingerprint density at radius 2 is 1.87 bits per heavy atom. The van der Waals surface area contributed by atoms with E-state index in [1.165, 1.54) is 28.4 Å². The maximum Gasteiger partial charge on any atom is 0.332 e. The molecule has 2 aromatic rings. The zero-order valence-corrected chi connectivity index (χ0v) is 18.4. The van der Waals surface area contributed by atoms with Crippen LogP contribution in [0.4, 0.5) is 5.95 Å². The van der Waals surface area contributed by atoms with E-state index in [9.17, 15) is 9.59 Å². The van der Waals surface area contributed by atoms with E-state index in [1.807, 2.05) is 30.3 Å². The number of allylic oxidation sites excluding steroid dienone is 1. The molecule has 2 aliphatic heterocycles. The molecule has 2 aromatic heterocycles. The lowest BCUT2D eigenvalue weighted by atomic mass is 10.1. The first-order chi connectivity index (χ1) is 14.3. The Morgan fingerprint density at radius 3 is 2.53 bits per heavy atom. The highest BCUT2D eigenvalue weighted by Crippen LogP contribution is 2.29. The Hall–Kier alpha value is -2.68. The van der Waals surface area contributed by atoms with Gasteiger partial charge in [0.25, 0.3) is 5.56 Å². The van der Waals surface area contributed by atoms with Crippen LogP contribution >= 0.6 is 0 Å². The van der Waals surface area contributed by atoms with Gasteiger partial charge in [-0.2, -0.15) is 10.1 Å². The number of aryl methyl sites for hydroxylation is 1. The van der Waals surface area contributed by atoms with Gasteiger partial charge in [0.2, 0.25) is 5.95 Å². The van der Waals surface area contributed by atoms with Gasteiger partial charge in [0.05, 0.1) is 24.8 Å². The van der Waals surface area contributed by atoms with Crippen molar-refractivity contribution in [1.29, 1.82) is 0 Å². The molecule has 1 fully saturated rings. The molecule has 2 aliphatic rings. The zero-order valence-electron chi connectivity index (χ0n) is 18.4. The molecule has 9 nitrogen and oxygen atoms in total. The standard InChI is InChI=1S/C21H31N7O2/c1-14(2)13-26-19(29)17-18(24(5)21(26)30)22-20-27(23-15(3)16(4)28(17)20)12-11-25-9-7-6-8-10-25/h16H,1,6-13H2,2-5H3/t16-/m1/s1. The number of anilines is 1. The molecule has 30 heavy (non-hydrogen) atoms. The van der Waals surface area contributed by atoms with Gasteiger partial charge in [-0.3, -0.25) is 18.5 Å². The van der Waals surface area contributed by atoms with Crippen LogP contribution in [0.2, 0.25) is 0 Å². The SMILES string of the molecule is C=C(C)Cn1c(=O)c2c(nc3n2[C@H](C)C(C)=NN3CCN2CCCCC2)n(C)c1=O. The summed E-state index contributed by atoms with van der Waals surface area (Å²) < 4.78 is 4.63. The van der Waals surface area contributed by atoms with Gasteiger partial charge in [0.1, 0.15) is 0 Å². The maximum absolute atomic E-state index is 13.3. The first-order valence-electron chi connectivity index (χ1n) is 10.7. The highest BCUT2D eigenvalue weighted by Gasteiger charge is 2.30. The van der Waals surface area contributed by atoms with E-state index >= 15 is 0 Å². The summed E-state index contributed by atoms with van der Waals surface area (Å²) >= 11 is 0. The minimum atomic E-state index is -0.379. The lowest BCUT2D eigenvalue weighted by Gasteiger charge is -2.32. The van der Waals surface area contributed by atoms with Crippen molar-refractivity contribution in [2.24, 2.45) is 12.1 Å². The van der Waals surface area contributed by atoms with Crippen molar-refractivity contribution >= 4 is 22.8 Å². The van der Waals surface area contributed by atoms with Crippen LogP contribution in [0.3, 0.4) is 0 Å². The fourth-order valence-corrected chi connectivity index (χ4v) is 4.36. The second-order valence-corrected chi connectivity index (χ2v) is 8.59. The van der Waals surface area contributed by atoms with Gasteiger partial charge in [-0.15, -0.1) is 0 Å². The summed E-state index contributed by atoms with van der Waals surface area (Å²) in [4.78, 5) is 33.3. The highest BCUT2D eigenvalue weighted by molar-refractivity contribution is 5.91. The second kappa shape index (κ2) is 7.86. The highest BCUT2D eigenvalue weighted by atomic mass is 16.2. The molecule has 9 heteroatoms. The van der Waals surface area contributed by atoms with Crippen LogP contribution in [0, 0.1) is 0 Å². The van der Waals surface area contributed by atoms with Crippen LogP contribution in [-0.4, -0.2) is 55.5 Å². The van der Waals surface area contributed by atoms with Crippen LogP contribution < -0.4 is 16.3 Å². The third-order valence-electron chi connectivity index (χ3n) is 6.16. The molecule has 0 bridgehead atoms. The average molecular weight is 414 g/mol. The Bertz CT molecular complexity index is 1130. The number of likely N-dealkylation sites (tertiary alicyclic amines) is 1. The lowest BCUT2D eigenvalue weighted by molar-refractivity contribution is 0.233. The van der Waals surface area contributed by atoms with Crippen molar-refractivity contribution in [3.63, 3.8) is 0 Å². The van der Waals surface area contributed by atoms with Crippen LogP contribution in [0.25, 0.3) is 11.2 Å². The third-order valence-corrected chi connectivity index (χ3v) is 6.16. The first kappa shape index (κ1) is 20.6. The number of hydrogen-bond donors (Lipinski definition) is 0. The molecule has 0 amide bonds. The summed E-state index contributed by atoms with van der Waals surface area (Å²) in [6.07, 6.45) is 3.78. The number of aromatic nitrogens is 4. The van der Waals surface area contributed by atoms with Crippen molar-refractivity contribution in [1.82, 2.24) is 23.6 Å². The number of nitrogens with zero attached hydrogens (tertiary/aromatic N) is 7. The van der Waals surface area contributed by atoms with E-state index in [-0.39, 0.29) is 23.8 Å². The van der Waals surface area contributed by atoms with E-state index in [2.05, 4.69) is 11.5 Å². The maximum atomic E-state index is 13.3. The molecule has 4 heterocycles. The van der Waals surface area contributed by atoms with E-state index in [0.717, 1.165) is 30.9 Å². The molecule has 0 spiro atoms. The Kier molecular flexibility index (Phi) is 5.40. The summed E-state index contributed by atoms with van der Waals surface area (Å²) in [6.45, 7) is 13.7. The predicted molar refractivity (Wildman–Crippen MR) is 120 cm³/mol. The van der Waals surface area contributed by atoms with Crippen LogP contribution in [0.5, 0.6) is 0 Å². The number of piperidine rings is 1. The minimum Gasteiger partial charge on any atom is -0.301 e. The number of imidazole rings is 1. The van der Waals surface area contributed by atoms with Crippen molar-refractivity contribution < 1.29 is 0 Å². The molecule has 0 radical (unpaired) electrons. The van der Waals surface area contributed by atoms with Crippen LogP contribution in [-0.2, 0) is 13.6 Å². The molecule has 0 saturated carbocycles. The molecule has 1 saturated heterocycles. The van der Waals surface area contributed by atoms with E-state index in [0.29, 0.717) is 23.7 Å². The normalized spacial score (nSPS) is 19.8. The number of hydrogen-bond acceptors (Lipinski definition) is 6. The fraction of sp³-hybridized carbons (Fsp3) is 0.619. The van der Waals surface area contributed by atoms with Gasteiger partial charge in [-0.25, -0.2) is 9.80 Å². The number of rotatable bonds is 5. The summed E-state index contributed by atoms with van der Waals surface area (Å²) in [6, 6.07) is -0.111. The fourth-order valence-electron chi connectivity index (χ4n) is 4.36. The summed E-state index contributed by atoms with van der Waals surface area (Å²) in [5, 5.41) is 6.65. The Balaban J connectivity index is 1.81. The smallest absolute Gasteiger partial charge is 0.301 e. The molecule has 1 atom stereocenters. The molecule has 0 unspecified atom stereocenters. The van der Waals surface area contributed by atoms with Crippen molar-refractivity contribution in [3.8, 4) is 0 Å². The van der Waals surface area contributed by atoms with Crippen molar-refractivity contribution in [2.45, 2.75) is 52.6 Å². The molecular weight excluding hydrogens is 382 g/mol. The Morgan fingerprint density at radius 1 is 1.17 bits per heavy atom. The van der Waals surface area contributed by atoms with Crippen LogP contribution in [0.1, 0.15) is 46.1 Å². The Labute approximate surface area is 175 Å². The van der Waals surface area contributed by atoms with Gasteiger partial charge in [0, 0.05) is 13.6 Å². The topological polar surface area (TPSA) is 80.7 Å². The van der Waals surface area contributed by atoms with E-state index < -0.39 is 0 Å². The molecule has 0 N–H and O–H groups in total. The number of fused-ring (bicyclic) bond motifs is 3. The molecular formula is C21H31N7O2. The lowest BCUT2D eigenvalue weighted by Crippen LogP contribution is -2.41. The largest absolute Gasteiger partial charge is 0.332 e. The molecule has 0 aromatic carbocycles. The van der Waals surface area contributed by atoms with Gasteiger partial charge in [-0.1, -0.05) is 18.6 Å². The van der Waals surface area contributed by atoms with E-state index in [1.54, 1.807) is 7.05 Å². The predicted octanol–water partition coefficient (Wildman–Crippen LogP) is 1.72. The first-order valence-corrected chi connectivity index (χ1v) is 10.7.